The molecular formula is C32H42ClNO7S. The third kappa shape index (κ3) is 8.42. The average Bonchev–Trinajstić information content (AvgIpc) is 3.68. The van der Waals surface area contributed by atoms with E-state index in [9.17, 15) is 9.90 Å². The van der Waals surface area contributed by atoms with E-state index in [1.165, 1.54) is 0 Å². The Balaban J connectivity index is 1.66. The van der Waals surface area contributed by atoms with E-state index >= 15 is 0 Å². The fourth-order valence-corrected chi connectivity index (χ4v) is 6.04. The van der Waals surface area contributed by atoms with E-state index in [0.29, 0.717) is 31.3 Å². The third-order valence-electron chi connectivity index (χ3n) is 7.26. The molecule has 5 atom stereocenters. The van der Waals surface area contributed by atoms with Crippen molar-refractivity contribution in [1.29, 1.82) is 0 Å². The standard InChI is InChI=1S/C32H42ClNO7S/c1-4-7-14-38-28-27(41-31(32(35)36)30(40-16-9-6-3)29(28)39-15-8-5-2)21-12-13-23(33)22(18-21)19-26-34-20-25(42-26)24-11-10-17-37-24/h10-13,17-18,20,27-31H,4-9,14-16,19H2,1-3H3,(H,35,36)/t27-,28-,29+,30-,31-/m0/s1. The Kier molecular flexibility index (Phi) is 12.9. The number of aliphatic carboxylic acids is 1. The van der Waals surface area contributed by atoms with Gasteiger partial charge in [-0.2, -0.15) is 0 Å². The average molecular weight is 620 g/mol. The number of ether oxygens (including phenoxy) is 4. The fourth-order valence-electron chi connectivity index (χ4n) is 4.95. The first-order valence-electron chi connectivity index (χ1n) is 15.0. The Morgan fingerprint density at radius 3 is 2.26 bits per heavy atom. The highest BCUT2D eigenvalue weighted by Crippen LogP contribution is 2.39. The van der Waals surface area contributed by atoms with Crippen molar-refractivity contribution in [1.82, 2.24) is 4.98 Å². The Morgan fingerprint density at radius 1 is 0.976 bits per heavy atom. The highest BCUT2D eigenvalue weighted by atomic mass is 35.5. The van der Waals surface area contributed by atoms with Crippen molar-refractivity contribution >= 4 is 28.9 Å². The number of nitrogens with zero attached hydrogens (tertiary/aromatic N) is 1. The van der Waals surface area contributed by atoms with Crippen molar-refractivity contribution in [2.24, 2.45) is 0 Å². The first-order valence-corrected chi connectivity index (χ1v) is 16.2. The molecule has 1 fully saturated rings. The highest BCUT2D eigenvalue weighted by molar-refractivity contribution is 7.15. The molecule has 0 spiro atoms. The molecule has 0 unspecified atom stereocenters. The number of furan rings is 1. The van der Waals surface area contributed by atoms with Crippen LogP contribution in [-0.2, 0) is 30.2 Å². The molecule has 1 aliphatic rings. The van der Waals surface area contributed by atoms with E-state index in [-0.39, 0.29) is 0 Å². The molecule has 3 aromatic rings. The molecule has 3 heterocycles. The summed E-state index contributed by atoms with van der Waals surface area (Å²) in [5.41, 5.74) is 1.64. The number of carboxylic acid groups (broad SMARTS) is 1. The van der Waals surface area contributed by atoms with Gasteiger partial charge in [-0.3, -0.25) is 0 Å². The first-order chi connectivity index (χ1) is 20.5. The van der Waals surface area contributed by atoms with Crippen molar-refractivity contribution in [2.75, 3.05) is 19.8 Å². The van der Waals surface area contributed by atoms with Gasteiger partial charge in [0.05, 0.1) is 16.1 Å². The Labute approximate surface area is 257 Å². The SMILES string of the molecule is CCCCO[C@@H]1[C@@H](OCCCC)[C@H](c2ccc(Cl)c(Cc3ncc(-c4ccco4)s3)c2)O[C@H](C(=O)O)[C@H]1OCCCC. The Morgan fingerprint density at radius 2 is 1.64 bits per heavy atom. The van der Waals surface area contributed by atoms with Gasteiger partial charge in [0, 0.05) is 37.5 Å². The van der Waals surface area contributed by atoms with Gasteiger partial charge in [-0.15, -0.1) is 11.3 Å². The minimum atomic E-state index is -1.21. The van der Waals surface area contributed by atoms with Crippen molar-refractivity contribution < 1.29 is 33.3 Å². The van der Waals surface area contributed by atoms with Crippen LogP contribution in [0.1, 0.15) is 81.5 Å². The van der Waals surface area contributed by atoms with Gasteiger partial charge in [-0.25, -0.2) is 9.78 Å². The maximum absolute atomic E-state index is 12.5. The predicted molar refractivity (Wildman–Crippen MR) is 163 cm³/mol. The summed E-state index contributed by atoms with van der Waals surface area (Å²) in [5, 5.41) is 11.7. The summed E-state index contributed by atoms with van der Waals surface area (Å²) in [5.74, 6) is -0.314. The summed E-state index contributed by atoms with van der Waals surface area (Å²) >= 11 is 8.21. The number of benzene rings is 1. The quantitative estimate of drug-likeness (QED) is 0.153. The third-order valence-corrected chi connectivity index (χ3v) is 8.64. The Bertz CT molecular complexity index is 1230. The van der Waals surface area contributed by atoms with Crippen LogP contribution in [0.5, 0.6) is 0 Å². The zero-order valence-corrected chi connectivity index (χ0v) is 26.2. The predicted octanol–water partition coefficient (Wildman–Crippen LogP) is 7.73. The lowest BCUT2D eigenvalue weighted by molar-refractivity contribution is -0.260. The molecule has 1 aliphatic heterocycles. The summed E-state index contributed by atoms with van der Waals surface area (Å²) in [6, 6.07) is 9.43. The number of hydrogen-bond donors (Lipinski definition) is 1. The van der Waals surface area contributed by atoms with Gasteiger partial charge in [0.2, 0.25) is 0 Å². The molecule has 1 N–H and O–H groups in total. The van der Waals surface area contributed by atoms with Crippen molar-refractivity contribution in [2.45, 2.75) is 96.2 Å². The van der Waals surface area contributed by atoms with Crippen LogP contribution in [0.4, 0.5) is 0 Å². The van der Waals surface area contributed by atoms with E-state index in [1.54, 1.807) is 23.8 Å². The number of thiazole rings is 1. The van der Waals surface area contributed by atoms with Crippen LogP contribution >= 0.6 is 22.9 Å². The normalized spacial score (nSPS) is 22.4. The molecular weight excluding hydrogens is 578 g/mol. The number of halogens is 1. The number of carboxylic acids is 1. The van der Waals surface area contributed by atoms with E-state index in [2.05, 4.69) is 25.8 Å². The monoisotopic (exact) mass is 619 g/mol. The van der Waals surface area contributed by atoms with Crippen molar-refractivity contribution in [3.05, 3.63) is 63.9 Å². The highest BCUT2D eigenvalue weighted by Gasteiger charge is 2.51. The second kappa shape index (κ2) is 16.5. The first kappa shape index (κ1) is 32.6. The van der Waals surface area contributed by atoms with Crippen LogP contribution < -0.4 is 0 Å². The van der Waals surface area contributed by atoms with Crippen LogP contribution in [-0.4, -0.2) is 60.3 Å². The van der Waals surface area contributed by atoms with Crippen LogP contribution in [0.25, 0.3) is 10.6 Å². The van der Waals surface area contributed by atoms with Gasteiger partial charge in [0.25, 0.3) is 0 Å². The summed E-state index contributed by atoms with van der Waals surface area (Å²) in [4.78, 5) is 18.1. The summed E-state index contributed by atoms with van der Waals surface area (Å²) in [6.07, 6.45) is 5.46. The van der Waals surface area contributed by atoms with Gasteiger partial charge >= 0.3 is 5.97 Å². The topological polar surface area (TPSA) is 100 Å². The van der Waals surface area contributed by atoms with E-state index < -0.39 is 36.5 Å². The molecule has 1 aromatic carbocycles. The van der Waals surface area contributed by atoms with Gasteiger partial charge in [-0.05, 0) is 48.6 Å². The lowest BCUT2D eigenvalue weighted by Gasteiger charge is -2.45. The van der Waals surface area contributed by atoms with Gasteiger partial charge in [0.1, 0.15) is 30.2 Å². The second-order valence-corrected chi connectivity index (χ2v) is 12.0. The molecule has 2 aromatic heterocycles. The van der Waals surface area contributed by atoms with Gasteiger partial charge < -0.3 is 28.5 Å². The molecule has 10 heteroatoms. The number of hydrogen-bond acceptors (Lipinski definition) is 8. The molecule has 0 aliphatic carbocycles. The van der Waals surface area contributed by atoms with Crippen LogP contribution in [0.15, 0.2) is 47.2 Å². The summed E-state index contributed by atoms with van der Waals surface area (Å²) < 4.78 is 30.9. The molecule has 0 radical (unpaired) electrons. The maximum Gasteiger partial charge on any atom is 0.335 e. The largest absolute Gasteiger partial charge is 0.479 e. The van der Waals surface area contributed by atoms with Crippen molar-refractivity contribution in [3.8, 4) is 10.6 Å². The van der Waals surface area contributed by atoms with Crippen LogP contribution in [0, 0.1) is 0 Å². The van der Waals surface area contributed by atoms with Crippen molar-refractivity contribution in [3.63, 3.8) is 0 Å². The zero-order chi connectivity index (χ0) is 29.9. The fraction of sp³-hybridized carbons (Fsp3) is 0.562. The molecule has 8 nitrogen and oxygen atoms in total. The van der Waals surface area contributed by atoms with Gasteiger partial charge in [0.15, 0.2) is 6.10 Å². The zero-order valence-electron chi connectivity index (χ0n) is 24.6. The molecule has 0 amide bonds. The van der Waals surface area contributed by atoms with Crippen LogP contribution in [0.3, 0.4) is 0 Å². The number of aromatic nitrogens is 1. The smallest absolute Gasteiger partial charge is 0.335 e. The van der Waals surface area contributed by atoms with E-state index in [4.69, 9.17) is 35.0 Å². The van der Waals surface area contributed by atoms with Crippen LogP contribution in [0.2, 0.25) is 5.02 Å². The second-order valence-electron chi connectivity index (χ2n) is 10.5. The number of rotatable bonds is 17. The van der Waals surface area contributed by atoms with Gasteiger partial charge in [-0.1, -0.05) is 63.8 Å². The molecule has 0 bridgehead atoms. The molecule has 42 heavy (non-hydrogen) atoms. The Hall–Kier alpha value is -2.27. The lowest BCUT2D eigenvalue weighted by atomic mass is 9.89. The molecule has 0 saturated carbocycles. The summed E-state index contributed by atoms with van der Waals surface area (Å²) in [6.45, 7) is 7.67. The number of carbonyl (C=O) groups is 1. The minimum Gasteiger partial charge on any atom is -0.479 e. The molecule has 4 rings (SSSR count). The minimum absolute atomic E-state index is 0.424. The molecule has 1 saturated heterocycles. The maximum atomic E-state index is 12.5. The molecule has 230 valence electrons. The number of unbranched alkanes of at least 4 members (excludes halogenated alkanes) is 3. The van der Waals surface area contributed by atoms with E-state index in [0.717, 1.165) is 65.3 Å². The summed E-state index contributed by atoms with van der Waals surface area (Å²) in [7, 11) is 0. The van der Waals surface area contributed by atoms with E-state index in [1.807, 2.05) is 30.3 Å². The lowest BCUT2D eigenvalue weighted by Crippen LogP contribution is -2.59.